The molecule has 0 atom stereocenters. The van der Waals surface area contributed by atoms with Gasteiger partial charge in [0.1, 0.15) is 0 Å². The summed E-state index contributed by atoms with van der Waals surface area (Å²) >= 11 is 0. The molecule has 4 heteroatoms. The number of aryl methyl sites for hydroxylation is 2. The molecule has 0 unspecified atom stereocenters. The first kappa shape index (κ1) is 33.4. The molecular weight excluding hydrogens is 560 g/mol. The van der Waals surface area contributed by atoms with Crippen LogP contribution in [0.25, 0.3) is 16.7 Å². The van der Waals surface area contributed by atoms with Crippen LogP contribution in [0.3, 0.4) is 0 Å². The van der Waals surface area contributed by atoms with Crippen LogP contribution in [0.15, 0.2) is 134 Å². The molecule has 0 saturated carbocycles. The smallest absolute Gasteiger partial charge is 0.0704 e. The fourth-order valence-electron chi connectivity index (χ4n) is 5.78. The number of pyridine rings is 1. The van der Waals surface area contributed by atoms with E-state index in [1.54, 1.807) is 6.08 Å². The number of nitrogens with one attached hydrogen (secondary N) is 2. The molecule has 46 heavy (non-hydrogen) atoms. The monoisotopic (exact) mass is 604 g/mol. The maximum absolute atomic E-state index is 6.41. The maximum Gasteiger partial charge on any atom is 0.0704 e. The van der Waals surface area contributed by atoms with Crippen molar-refractivity contribution >= 4 is 16.9 Å². The summed E-state index contributed by atoms with van der Waals surface area (Å²) in [7, 11) is 0. The molecule has 232 valence electrons. The number of fused-ring (bicyclic) bond motifs is 1. The van der Waals surface area contributed by atoms with E-state index in [0.717, 1.165) is 46.2 Å². The van der Waals surface area contributed by atoms with Crippen molar-refractivity contribution < 1.29 is 0 Å². The zero-order chi connectivity index (χ0) is 33.1. The highest BCUT2D eigenvalue weighted by atomic mass is 14.9. The van der Waals surface area contributed by atoms with Crippen LogP contribution in [0.5, 0.6) is 0 Å². The second-order valence-corrected chi connectivity index (χ2v) is 11.4. The summed E-state index contributed by atoms with van der Waals surface area (Å²) in [5.74, 6) is 0. The minimum absolute atomic E-state index is 0.503. The van der Waals surface area contributed by atoms with Crippen LogP contribution >= 0.6 is 0 Å². The lowest BCUT2D eigenvalue weighted by atomic mass is 9.96. The van der Waals surface area contributed by atoms with E-state index in [1.165, 1.54) is 52.6 Å². The first-order chi connectivity index (χ1) is 22.3. The highest BCUT2D eigenvalue weighted by Crippen LogP contribution is 2.33. The van der Waals surface area contributed by atoms with Gasteiger partial charge in [-0.1, -0.05) is 86.5 Å². The molecule has 0 saturated heterocycles. The molecular formula is C42H44N4. The van der Waals surface area contributed by atoms with Gasteiger partial charge in [0, 0.05) is 35.6 Å². The molecule has 0 amide bonds. The molecule has 0 aliphatic heterocycles. The third kappa shape index (κ3) is 8.34. The first-order valence-corrected chi connectivity index (χ1v) is 15.6. The lowest BCUT2D eigenvalue weighted by molar-refractivity contribution is 0.912. The molecule has 1 heterocycles. The average molecular weight is 605 g/mol. The summed E-state index contributed by atoms with van der Waals surface area (Å²) in [6.45, 7) is 16.7. The van der Waals surface area contributed by atoms with Gasteiger partial charge in [0.25, 0.3) is 0 Å². The second kappa shape index (κ2) is 16.0. The number of nitrogen functional groups attached to an aromatic ring is 1. The van der Waals surface area contributed by atoms with E-state index in [4.69, 9.17) is 10.7 Å². The zero-order valence-electron chi connectivity index (χ0n) is 27.1. The summed E-state index contributed by atoms with van der Waals surface area (Å²) in [6, 6.07) is 27.4. The summed E-state index contributed by atoms with van der Waals surface area (Å²) in [5.41, 5.74) is 21.1. The third-order valence-electron chi connectivity index (χ3n) is 8.16. The minimum Gasteiger partial charge on any atom is -0.397 e. The van der Waals surface area contributed by atoms with Crippen LogP contribution in [0.2, 0.25) is 0 Å². The normalized spacial score (nSPS) is 12.3. The van der Waals surface area contributed by atoms with Gasteiger partial charge in [0.2, 0.25) is 0 Å². The van der Waals surface area contributed by atoms with Crippen molar-refractivity contribution in [3.8, 4) is 24.0 Å². The number of aromatic nitrogens is 1. The zero-order valence-corrected chi connectivity index (χ0v) is 27.1. The van der Waals surface area contributed by atoms with Crippen LogP contribution in [0.4, 0.5) is 11.4 Å². The summed E-state index contributed by atoms with van der Waals surface area (Å²) in [4.78, 5) is 4.96. The van der Waals surface area contributed by atoms with Crippen LogP contribution in [-0.2, 0) is 25.7 Å². The Morgan fingerprint density at radius 3 is 2.41 bits per heavy atom. The van der Waals surface area contributed by atoms with Gasteiger partial charge in [-0.3, -0.25) is 4.98 Å². The van der Waals surface area contributed by atoms with E-state index in [-0.39, 0.29) is 0 Å². The average Bonchev–Trinajstić information content (AvgIpc) is 3.55. The lowest BCUT2D eigenvalue weighted by Gasteiger charge is -2.17. The van der Waals surface area contributed by atoms with Gasteiger partial charge >= 0.3 is 0 Å². The number of nitrogens with two attached hydrogens (primary N) is 1. The van der Waals surface area contributed by atoms with Crippen molar-refractivity contribution in [2.75, 3.05) is 11.1 Å². The molecule has 0 bridgehead atoms. The van der Waals surface area contributed by atoms with E-state index >= 15 is 0 Å². The Kier molecular flexibility index (Phi) is 11.6. The minimum atomic E-state index is 0.503. The summed E-state index contributed by atoms with van der Waals surface area (Å²) < 4.78 is 0. The Labute approximate surface area is 275 Å². The van der Waals surface area contributed by atoms with Gasteiger partial charge in [-0.05, 0) is 102 Å². The van der Waals surface area contributed by atoms with Crippen LogP contribution in [-0.4, -0.2) is 4.98 Å². The van der Waals surface area contributed by atoms with E-state index in [1.807, 2.05) is 49.4 Å². The molecule has 0 spiro atoms. The van der Waals surface area contributed by atoms with E-state index in [9.17, 15) is 0 Å². The van der Waals surface area contributed by atoms with Crippen LogP contribution < -0.4 is 16.4 Å². The molecule has 4 N–H and O–H groups in total. The number of terminal acetylenes is 1. The van der Waals surface area contributed by atoms with Gasteiger partial charge in [-0.15, -0.1) is 12.8 Å². The van der Waals surface area contributed by atoms with Crippen LogP contribution in [0, 0.1) is 19.8 Å². The maximum atomic E-state index is 6.41. The van der Waals surface area contributed by atoms with Crippen molar-refractivity contribution in [1.29, 1.82) is 0 Å². The van der Waals surface area contributed by atoms with E-state index in [2.05, 4.69) is 98.7 Å². The predicted molar refractivity (Wildman–Crippen MR) is 198 cm³/mol. The Morgan fingerprint density at radius 1 is 0.913 bits per heavy atom. The van der Waals surface area contributed by atoms with Gasteiger partial charge in [0.05, 0.1) is 17.1 Å². The highest BCUT2D eigenvalue weighted by molar-refractivity contribution is 5.76. The third-order valence-corrected chi connectivity index (χ3v) is 8.16. The topological polar surface area (TPSA) is 63.0 Å². The Morgan fingerprint density at radius 2 is 1.67 bits per heavy atom. The number of nitrogens with zero attached hydrogens (tertiary/aromatic N) is 1. The SMILES string of the molecule is C#C.C=C/C(=C\C(=C/C)c1ccc(N)c(CC(=C)Nc2cccc(-c3ccc4c(c3)CCC4)c2C)n1)NC(=C)Cc1ccccc1. The largest absolute Gasteiger partial charge is 0.397 e. The van der Waals surface area contributed by atoms with Gasteiger partial charge in [0.15, 0.2) is 0 Å². The molecule has 3 aromatic carbocycles. The number of hydrogen-bond acceptors (Lipinski definition) is 4. The lowest BCUT2D eigenvalue weighted by Crippen LogP contribution is -2.13. The van der Waals surface area contributed by atoms with Gasteiger partial charge in [-0.2, -0.15) is 0 Å². The van der Waals surface area contributed by atoms with E-state index < -0.39 is 0 Å². The number of benzene rings is 3. The van der Waals surface area contributed by atoms with Crippen molar-refractivity contribution in [3.63, 3.8) is 0 Å². The summed E-state index contributed by atoms with van der Waals surface area (Å²) in [5, 5.41) is 6.94. The molecule has 1 aliphatic rings. The van der Waals surface area contributed by atoms with Crippen molar-refractivity contribution in [3.05, 3.63) is 168 Å². The summed E-state index contributed by atoms with van der Waals surface area (Å²) in [6.07, 6.45) is 18.7. The van der Waals surface area contributed by atoms with Crippen molar-refractivity contribution in [1.82, 2.24) is 10.3 Å². The fourth-order valence-corrected chi connectivity index (χ4v) is 5.78. The van der Waals surface area contributed by atoms with Crippen molar-refractivity contribution in [2.24, 2.45) is 0 Å². The Balaban J connectivity index is 0.00000235. The molecule has 0 fully saturated rings. The fraction of sp³-hybridized carbons (Fsp3) is 0.167. The number of anilines is 2. The highest BCUT2D eigenvalue weighted by Gasteiger charge is 2.14. The second-order valence-electron chi connectivity index (χ2n) is 11.4. The number of rotatable bonds is 12. The molecule has 1 aromatic heterocycles. The molecule has 1 aliphatic carbocycles. The molecule has 4 nitrogen and oxygen atoms in total. The first-order valence-electron chi connectivity index (χ1n) is 15.6. The Bertz CT molecular complexity index is 1800. The van der Waals surface area contributed by atoms with Crippen molar-refractivity contribution in [2.45, 2.75) is 46.0 Å². The number of hydrogen-bond donors (Lipinski definition) is 3. The molecule has 0 radical (unpaired) electrons. The van der Waals surface area contributed by atoms with Crippen LogP contribution in [0.1, 0.15) is 47.0 Å². The molecule has 4 aromatic rings. The van der Waals surface area contributed by atoms with E-state index in [0.29, 0.717) is 12.1 Å². The van der Waals surface area contributed by atoms with Gasteiger partial charge < -0.3 is 16.4 Å². The van der Waals surface area contributed by atoms with Gasteiger partial charge in [-0.25, -0.2) is 0 Å². The predicted octanol–water partition coefficient (Wildman–Crippen LogP) is 9.36. The Hall–Kier alpha value is -5.53. The standard InChI is InChI=1S/C40H42N4.C2H2/c1-6-31(26-35(7-2)42-27(3)23-30-13-9-8-10-14-30)39-22-21-37(41)40(44-39)24-28(4)43-38-18-12-17-36(29(38)5)34-20-19-32-15-11-16-33(32)25-34;1-2/h6-10,12-14,17-22,25-26,42-43H,2-4,11,15-16,23-24,41H2,1,5H3;1-2H/b31-6+,35-26+;. The quantitative estimate of drug-likeness (QED) is 0.111. The molecule has 5 rings (SSSR count). The number of allylic oxidation sites excluding steroid dienone is 6.